The van der Waals surface area contributed by atoms with E-state index in [1.54, 1.807) is 66.7 Å². The Morgan fingerprint density at radius 2 is 1.75 bits per heavy atom. The number of amides is 2. The highest BCUT2D eigenvalue weighted by Crippen LogP contribution is 2.37. The first kappa shape index (κ1) is 24.7. The number of halogens is 1. The lowest BCUT2D eigenvalue weighted by atomic mass is 10.1. The Hall–Kier alpha value is -4.44. The summed E-state index contributed by atoms with van der Waals surface area (Å²) in [5.41, 5.74) is 1.51. The molecular weight excluding hydrogens is 528 g/mol. The number of nitrogens with one attached hydrogen (secondary N) is 2. The van der Waals surface area contributed by atoms with Crippen LogP contribution in [0.1, 0.15) is 15.9 Å². The molecule has 0 fully saturated rings. The molecule has 0 atom stereocenters. The third kappa shape index (κ3) is 5.44. The number of azo groups is 1. The summed E-state index contributed by atoms with van der Waals surface area (Å²) in [4.78, 5) is 28.7. The van der Waals surface area contributed by atoms with Crippen LogP contribution in [0, 0.1) is 0 Å². The average Bonchev–Trinajstić information content (AvgIpc) is 3.21. The molecule has 3 N–H and O–H groups in total. The summed E-state index contributed by atoms with van der Waals surface area (Å²) in [5, 5.41) is 21.2. The van der Waals surface area contributed by atoms with Crippen LogP contribution in [0.2, 0.25) is 0 Å². The molecule has 0 unspecified atom stereocenters. The summed E-state index contributed by atoms with van der Waals surface area (Å²) in [7, 11) is 3.01. The second-order valence-corrected chi connectivity index (χ2v) is 8.43. The zero-order valence-electron chi connectivity index (χ0n) is 19.3. The minimum atomic E-state index is -0.821. The van der Waals surface area contributed by atoms with Crippen molar-refractivity contribution < 1.29 is 24.2 Å². The zero-order chi connectivity index (χ0) is 25.7. The third-order valence-electron chi connectivity index (χ3n) is 5.19. The van der Waals surface area contributed by atoms with E-state index in [-0.39, 0.29) is 17.3 Å². The number of nitrogens with zero attached hydrogens (tertiary/aromatic N) is 2. The Morgan fingerprint density at radius 1 is 1.00 bits per heavy atom. The van der Waals surface area contributed by atoms with Gasteiger partial charge < -0.3 is 24.9 Å². The van der Waals surface area contributed by atoms with Gasteiger partial charge in [-0.1, -0.05) is 40.2 Å². The van der Waals surface area contributed by atoms with Gasteiger partial charge in [-0.25, -0.2) is 0 Å². The molecule has 36 heavy (non-hydrogen) atoms. The Kier molecular flexibility index (Phi) is 7.45. The number of benzene rings is 3. The molecule has 0 bridgehead atoms. The Labute approximate surface area is 214 Å². The summed E-state index contributed by atoms with van der Waals surface area (Å²) in [6, 6.07) is 18.8. The quantitative estimate of drug-likeness (QED) is 0.200. The predicted molar refractivity (Wildman–Crippen MR) is 139 cm³/mol. The molecule has 10 heteroatoms. The van der Waals surface area contributed by atoms with Crippen molar-refractivity contribution >= 4 is 50.4 Å². The molecule has 1 aromatic heterocycles. The van der Waals surface area contributed by atoms with Gasteiger partial charge >= 0.3 is 5.91 Å². The number of methoxy groups -OCH3 is 2. The van der Waals surface area contributed by atoms with Gasteiger partial charge in [0.1, 0.15) is 5.70 Å². The summed E-state index contributed by atoms with van der Waals surface area (Å²) in [6.07, 6.45) is 1.45. The fraction of sp³-hybridized carbons (Fsp3) is 0.0769. The molecule has 3 aromatic carbocycles. The minimum absolute atomic E-state index is 0.0968. The monoisotopic (exact) mass is 548 g/mol. The molecule has 0 saturated carbocycles. The van der Waals surface area contributed by atoms with Crippen molar-refractivity contribution in [3.63, 3.8) is 0 Å². The highest BCUT2D eigenvalue weighted by Gasteiger charge is 2.17. The fourth-order valence-electron chi connectivity index (χ4n) is 3.43. The molecule has 4 rings (SSSR count). The van der Waals surface area contributed by atoms with Gasteiger partial charge in [-0.15, -0.1) is 10.2 Å². The molecule has 0 aliphatic carbocycles. The topological polar surface area (TPSA) is 125 Å². The van der Waals surface area contributed by atoms with Gasteiger partial charge in [-0.3, -0.25) is 9.59 Å². The number of fused-ring (bicyclic) bond motifs is 1. The lowest BCUT2D eigenvalue weighted by Crippen LogP contribution is -2.26. The van der Waals surface area contributed by atoms with E-state index in [1.807, 2.05) is 0 Å². The molecule has 0 saturated heterocycles. The maximum atomic E-state index is 13.1. The largest absolute Gasteiger partial charge is 0.493 e. The van der Waals surface area contributed by atoms with Crippen LogP contribution < -0.4 is 14.8 Å². The number of carbonyl (C=O) groups is 2. The first-order chi connectivity index (χ1) is 17.4. The molecule has 1 heterocycles. The molecule has 0 spiro atoms. The predicted octanol–water partition coefficient (Wildman–Crippen LogP) is 5.73. The van der Waals surface area contributed by atoms with Crippen LogP contribution in [-0.4, -0.2) is 36.1 Å². The Morgan fingerprint density at radius 3 is 2.47 bits per heavy atom. The normalized spacial score (nSPS) is 11.6. The van der Waals surface area contributed by atoms with Gasteiger partial charge in [-0.05, 0) is 54.1 Å². The highest BCUT2D eigenvalue weighted by atomic mass is 79.9. The fourth-order valence-corrected chi connectivity index (χ4v) is 3.79. The van der Waals surface area contributed by atoms with E-state index < -0.39 is 11.8 Å². The van der Waals surface area contributed by atoms with Crippen LogP contribution in [0.25, 0.3) is 17.0 Å². The van der Waals surface area contributed by atoms with Crippen molar-refractivity contribution in [1.29, 1.82) is 0 Å². The van der Waals surface area contributed by atoms with Crippen LogP contribution in [-0.2, 0) is 4.79 Å². The summed E-state index contributed by atoms with van der Waals surface area (Å²) < 4.78 is 11.3. The van der Waals surface area contributed by atoms with E-state index in [4.69, 9.17) is 9.47 Å². The summed E-state index contributed by atoms with van der Waals surface area (Å²) in [5.74, 6) is -0.596. The minimum Gasteiger partial charge on any atom is -0.493 e. The van der Waals surface area contributed by atoms with Gasteiger partial charge in [-0.2, -0.15) is 0 Å². The Balaban J connectivity index is 1.70. The van der Waals surface area contributed by atoms with Gasteiger partial charge in [0.2, 0.25) is 5.88 Å². The average molecular weight is 549 g/mol. The van der Waals surface area contributed by atoms with E-state index in [2.05, 4.69) is 36.5 Å². The van der Waals surface area contributed by atoms with Crippen LogP contribution in [0.5, 0.6) is 17.4 Å². The molecule has 2 amide bonds. The molecular formula is C26H21BrN4O5. The first-order valence-electron chi connectivity index (χ1n) is 10.7. The first-order valence-corrected chi connectivity index (χ1v) is 11.4. The molecule has 0 aliphatic rings. The zero-order valence-corrected chi connectivity index (χ0v) is 20.9. The summed E-state index contributed by atoms with van der Waals surface area (Å²) >= 11 is 3.38. The number of rotatable bonds is 7. The van der Waals surface area contributed by atoms with Gasteiger partial charge in [0.25, 0.3) is 5.91 Å². The van der Waals surface area contributed by atoms with Crippen molar-refractivity contribution in [2.45, 2.75) is 0 Å². The number of aromatic hydroxyl groups is 1. The van der Waals surface area contributed by atoms with Crippen LogP contribution >= 0.6 is 15.9 Å². The number of H-pyrrole nitrogens is 1. The number of aromatic amines is 1. The number of carbonyl (C=O) groups excluding carboxylic acids is 2. The maximum Gasteiger partial charge on any atom is 0.311 e. The van der Waals surface area contributed by atoms with Crippen LogP contribution in [0.3, 0.4) is 0 Å². The molecule has 0 radical (unpaired) electrons. The van der Waals surface area contributed by atoms with Crippen molar-refractivity contribution in [2.24, 2.45) is 10.2 Å². The van der Waals surface area contributed by atoms with Crippen molar-refractivity contribution in [3.8, 4) is 17.4 Å². The maximum absolute atomic E-state index is 13.1. The molecule has 9 nitrogen and oxygen atoms in total. The lowest BCUT2D eigenvalue weighted by Gasteiger charge is -2.10. The number of hydrogen-bond acceptors (Lipinski definition) is 6. The van der Waals surface area contributed by atoms with Gasteiger partial charge in [0, 0.05) is 15.4 Å². The molecule has 4 aromatic rings. The number of ether oxygens (including phenoxy) is 2. The van der Waals surface area contributed by atoms with E-state index in [1.165, 1.54) is 20.3 Å². The number of hydrogen-bond donors (Lipinski definition) is 3. The Bertz CT molecular complexity index is 1500. The van der Waals surface area contributed by atoms with E-state index in [0.717, 1.165) is 4.47 Å². The van der Waals surface area contributed by atoms with Gasteiger partial charge in [0.05, 0.1) is 19.7 Å². The van der Waals surface area contributed by atoms with Gasteiger partial charge in [0.15, 0.2) is 17.2 Å². The van der Waals surface area contributed by atoms with Crippen LogP contribution in [0.15, 0.2) is 87.1 Å². The second-order valence-electron chi connectivity index (χ2n) is 7.51. The molecule has 0 aliphatic heterocycles. The number of aromatic nitrogens is 1. The third-order valence-corrected chi connectivity index (χ3v) is 5.68. The SMILES string of the molecule is COc1ccc(/C=C(/NC(=O)c2ccccc2)C(=O)N=Nc2c(O)[nH]c3ccc(Br)cc23)cc1OC. The highest BCUT2D eigenvalue weighted by molar-refractivity contribution is 9.10. The lowest BCUT2D eigenvalue weighted by molar-refractivity contribution is -0.115. The van der Waals surface area contributed by atoms with Crippen molar-refractivity contribution in [2.75, 3.05) is 14.2 Å². The van der Waals surface area contributed by atoms with Crippen LogP contribution in [0.4, 0.5) is 5.69 Å². The smallest absolute Gasteiger partial charge is 0.311 e. The second kappa shape index (κ2) is 10.9. The van der Waals surface area contributed by atoms with E-state index in [9.17, 15) is 14.7 Å². The summed E-state index contributed by atoms with van der Waals surface area (Å²) in [6.45, 7) is 0. The van der Waals surface area contributed by atoms with Crippen molar-refractivity contribution in [1.82, 2.24) is 10.3 Å². The van der Waals surface area contributed by atoms with Crippen molar-refractivity contribution in [3.05, 3.63) is 88.0 Å². The van der Waals surface area contributed by atoms with E-state index >= 15 is 0 Å². The van der Waals surface area contributed by atoms with E-state index in [0.29, 0.717) is 33.5 Å². The molecule has 182 valence electrons. The standard InChI is InChI=1S/C26H21BrN4O5/c1-35-21-11-8-15(13-22(21)36-2)12-20(29-24(32)16-6-4-3-5-7-16)25(33)31-30-23-18-14-17(27)9-10-19(18)28-26(23)34/h3-14,28,34H,1-2H3,(H,29,32)/b20-12+,31-30?.